The summed E-state index contributed by atoms with van der Waals surface area (Å²) < 4.78 is 0. The molecular weight excluding hydrogens is 338 g/mol. The van der Waals surface area contributed by atoms with E-state index >= 15 is 0 Å². The fourth-order valence-corrected chi connectivity index (χ4v) is 6.47. The minimum Gasteiger partial charge on any atom is -0.353 e. The van der Waals surface area contributed by atoms with Crippen LogP contribution in [0.3, 0.4) is 0 Å². The van der Waals surface area contributed by atoms with Gasteiger partial charge in [-0.05, 0) is 68.2 Å². The Kier molecular flexibility index (Phi) is 5.26. The van der Waals surface area contributed by atoms with Crippen LogP contribution in [0.4, 0.5) is 0 Å². The third-order valence-corrected chi connectivity index (χ3v) is 7.68. The van der Waals surface area contributed by atoms with E-state index in [9.17, 15) is 9.59 Å². The maximum atomic E-state index is 12.8. The van der Waals surface area contributed by atoms with Crippen LogP contribution in [-0.4, -0.2) is 60.9 Å². The van der Waals surface area contributed by atoms with Crippen molar-refractivity contribution >= 4 is 11.8 Å². The second kappa shape index (κ2) is 7.38. The summed E-state index contributed by atoms with van der Waals surface area (Å²) >= 11 is 0. The summed E-state index contributed by atoms with van der Waals surface area (Å²) in [6.45, 7) is 7.64. The zero-order valence-electron chi connectivity index (χ0n) is 17.4. The molecule has 1 aliphatic heterocycles. The van der Waals surface area contributed by atoms with E-state index < -0.39 is 0 Å². The first-order valence-electron chi connectivity index (χ1n) is 11.0. The van der Waals surface area contributed by atoms with Gasteiger partial charge in [0.05, 0.1) is 0 Å². The molecule has 4 aliphatic carbocycles. The van der Waals surface area contributed by atoms with Crippen molar-refractivity contribution in [1.29, 1.82) is 0 Å². The Balaban J connectivity index is 1.27. The molecule has 27 heavy (non-hydrogen) atoms. The summed E-state index contributed by atoms with van der Waals surface area (Å²) in [6.07, 6.45) is 7.65. The van der Waals surface area contributed by atoms with Crippen LogP contribution in [0.15, 0.2) is 0 Å². The monoisotopic (exact) mass is 375 g/mol. The number of hydrogen-bond acceptors (Lipinski definition) is 3. The molecule has 2 amide bonds. The van der Waals surface area contributed by atoms with E-state index in [1.807, 2.05) is 4.90 Å². The van der Waals surface area contributed by atoms with Gasteiger partial charge in [-0.15, -0.1) is 0 Å². The van der Waals surface area contributed by atoms with E-state index in [1.54, 1.807) is 0 Å². The Labute approximate surface area is 164 Å². The summed E-state index contributed by atoms with van der Waals surface area (Å²) in [5.41, 5.74) is -0.281. The van der Waals surface area contributed by atoms with Gasteiger partial charge in [0, 0.05) is 45.1 Å². The van der Waals surface area contributed by atoms with Gasteiger partial charge in [-0.2, -0.15) is 0 Å². The number of hydrogen-bond donors (Lipinski definition) is 1. The van der Waals surface area contributed by atoms with E-state index in [4.69, 9.17) is 0 Å². The summed E-state index contributed by atoms with van der Waals surface area (Å²) in [7, 11) is 2.10. The summed E-state index contributed by atoms with van der Waals surface area (Å²) in [4.78, 5) is 29.7. The van der Waals surface area contributed by atoms with Gasteiger partial charge < -0.3 is 15.1 Å². The highest BCUT2D eigenvalue weighted by atomic mass is 16.2. The molecule has 5 nitrogen and oxygen atoms in total. The molecule has 0 aromatic rings. The Morgan fingerprint density at radius 2 is 1.44 bits per heavy atom. The molecule has 0 atom stereocenters. The van der Waals surface area contributed by atoms with Gasteiger partial charge in [0.25, 0.3) is 0 Å². The fraction of sp³-hybridized carbons (Fsp3) is 0.909. The highest BCUT2D eigenvalue weighted by Gasteiger charge is 2.48. The topological polar surface area (TPSA) is 52.7 Å². The quantitative estimate of drug-likeness (QED) is 0.803. The lowest BCUT2D eigenvalue weighted by molar-refractivity contribution is -0.136. The van der Waals surface area contributed by atoms with Crippen LogP contribution in [0.2, 0.25) is 0 Å². The molecule has 1 saturated heterocycles. The van der Waals surface area contributed by atoms with Crippen molar-refractivity contribution in [2.75, 3.05) is 33.2 Å². The number of piperazine rings is 1. The van der Waals surface area contributed by atoms with E-state index in [0.29, 0.717) is 30.7 Å². The molecule has 1 heterocycles. The van der Waals surface area contributed by atoms with Crippen molar-refractivity contribution < 1.29 is 9.59 Å². The first kappa shape index (κ1) is 19.2. The summed E-state index contributed by atoms with van der Waals surface area (Å²) in [5.74, 6) is 3.64. The number of likely N-dealkylation sites (N-methyl/N-ethyl adjacent to an activating group) is 1. The molecular formula is C22H37N3O2. The second-order valence-corrected chi connectivity index (χ2v) is 10.7. The third-order valence-electron chi connectivity index (χ3n) is 7.68. The van der Waals surface area contributed by atoms with Crippen LogP contribution in [0.25, 0.3) is 0 Å². The van der Waals surface area contributed by atoms with Crippen LogP contribution in [0.5, 0.6) is 0 Å². The molecule has 5 fully saturated rings. The molecule has 1 N–H and O–H groups in total. The van der Waals surface area contributed by atoms with Gasteiger partial charge in [-0.25, -0.2) is 0 Å². The zero-order chi connectivity index (χ0) is 19.2. The normalized spacial score (nSPS) is 36.1. The molecule has 0 spiro atoms. The number of nitrogens with zero attached hydrogens (tertiary/aromatic N) is 2. The lowest BCUT2D eigenvalue weighted by atomic mass is 9.54. The van der Waals surface area contributed by atoms with Crippen molar-refractivity contribution in [3.05, 3.63) is 0 Å². The molecule has 5 aliphatic rings. The van der Waals surface area contributed by atoms with Crippen molar-refractivity contribution in [3.8, 4) is 0 Å². The number of carbonyl (C=O) groups is 2. The smallest absolute Gasteiger partial charge is 0.223 e. The lowest BCUT2D eigenvalue weighted by Crippen LogP contribution is -2.56. The SMILES string of the molecule is CN1CCN(C(=O)CC(C)(C)CC(=O)NC2C3CC4CC(C3)CC2C4)CC1. The van der Waals surface area contributed by atoms with Crippen LogP contribution in [0.1, 0.15) is 58.8 Å². The molecule has 0 radical (unpaired) electrons. The average Bonchev–Trinajstić information content (AvgIpc) is 2.57. The van der Waals surface area contributed by atoms with Crippen molar-refractivity contribution in [2.24, 2.45) is 29.1 Å². The Morgan fingerprint density at radius 3 is 2.00 bits per heavy atom. The third kappa shape index (κ3) is 4.33. The Hall–Kier alpha value is -1.10. The number of rotatable bonds is 5. The van der Waals surface area contributed by atoms with Crippen LogP contribution in [-0.2, 0) is 9.59 Å². The maximum absolute atomic E-state index is 12.8. The van der Waals surface area contributed by atoms with Gasteiger partial charge >= 0.3 is 0 Å². The molecule has 0 unspecified atom stereocenters. The van der Waals surface area contributed by atoms with Crippen molar-refractivity contribution in [2.45, 2.75) is 64.8 Å². The molecule has 5 heteroatoms. The average molecular weight is 376 g/mol. The van der Waals surface area contributed by atoms with Gasteiger partial charge in [-0.3, -0.25) is 9.59 Å². The highest BCUT2D eigenvalue weighted by Crippen LogP contribution is 2.53. The largest absolute Gasteiger partial charge is 0.353 e. The molecule has 0 aromatic heterocycles. The van der Waals surface area contributed by atoms with Gasteiger partial charge in [0.2, 0.25) is 11.8 Å². The first-order valence-corrected chi connectivity index (χ1v) is 11.0. The molecule has 152 valence electrons. The number of carbonyl (C=O) groups excluding carboxylic acids is 2. The van der Waals surface area contributed by atoms with E-state index in [-0.39, 0.29) is 17.2 Å². The van der Waals surface area contributed by atoms with Crippen LogP contribution >= 0.6 is 0 Å². The standard InChI is InChI=1S/C22H37N3O2/c1-22(2,14-20(27)25-6-4-24(3)5-7-25)13-19(26)23-21-17-9-15-8-16(11-17)12-18(21)10-15/h15-18,21H,4-14H2,1-3H3,(H,23,26). The van der Waals surface area contributed by atoms with Crippen molar-refractivity contribution in [1.82, 2.24) is 15.1 Å². The number of amides is 2. The van der Waals surface area contributed by atoms with Gasteiger partial charge in [0.15, 0.2) is 0 Å². The van der Waals surface area contributed by atoms with Crippen LogP contribution < -0.4 is 5.32 Å². The second-order valence-electron chi connectivity index (χ2n) is 10.7. The molecule has 4 bridgehead atoms. The molecule has 4 saturated carbocycles. The number of nitrogens with one attached hydrogen (secondary N) is 1. The zero-order valence-corrected chi connectivity index (χ0v) is 17.4. The van der Waals surface area contributed by atoms with Crippen molar-refractivity contribution in [3.63, 3.8) is 0 Å². The van der Waals surface area contributed by atoms with E-state index in [0.717, 1.165) is 38.0 Å². The van der Waals surface area contributed by atoms with Gasteiger partial charge in [-0.1, -0.05) is 13.8 Å². The predicted octanol–water partition coefficient (Wildman–Crippen LogP) is 2.51. The van der Waals surface area contributed by atoms with E-state index in [1.165, 1.54) is 32.1 Å². The highest BCUT2D eigenvalue weighted by molar-refractivity contribution is 5.80. The first-order chi connectivity index (χ1) is 12.8. The predicted molar refractivity (Wildman–Crippen MR) is 106 cm³/mol. The summed E-state index contributed by atoms with van der Waals surface area (Å²) in [5, 5.41) is 3.41. The van der Waals surface area contributed by atoms with Crippen LogP contribution in [0, 0.1) is 29.1 Å². The summed E-state index contributed by atoms with van der Waals surface area (Å²) in [6, 6.07) is 0.398. The minimum absolute atomic E-state index is 0.156. The Morgan fingerprint density at radius 1 is 0.889 bits per heavy atom. The lowest BCUT2D eigenvalue weighted by Gasteiger charge is -2.54. The Bertz CT molecular complexity index is 552. The fourth-order valence-electron chi connectivity index (χ4n) is 6.47. The molecule has 0 aromatic carbocycles. The van der Waals surface area contributed by atoms with E-state index in [2.05, 4.69) is 31.1 Å². The van der Waals surface area contributed by atoms with Gasteiger partial charge in [0.1, 0.15) is 0 Å². The maximum Gasteiger partial charge on any atom is 0.223 e. The minimum atomic E-state index is -0.281. The molecule has 5 rings (SSSR count).